The molecular formula is C61H78N14O8S2. The minimum atomic E-state index is -3.60. The van der Waals surface area contributed by atoms with Crippen molar-refractivity contribution < 1.29 is 35.9 Å². The van der Waals surface area contributed by atoms with Crippen molar-refractivity contribution in [2.45, 2.75) is 138 Å². The molecule has 2 amide bonds. The molecule has 4 N–H and O–H groups in total. The number of benzene rings is 4. The van der Waals surface area contributed by atoms with Crippen molar-refractivity contribution >= 4 is 54.6 Å². The highest BCUT2D eigenvalue weighted by Gasteiger charge is 2.31. The summed E-state index contributed by atoms with van der Waals surface area (Å²) in [5, 5.41) is 23.5. The molecule has 452 valence electrons. The molecule has 1 fully saturated rings. The number of anilines is 4. The number of hydrogen-bond acceptors (Lipinski definition) is 14. The molecule has 22 nitrogen and oxygen atoms in total. The molecule has 1 aliphatic rings. The van der Waals surface area contributed by atoms with Crippen LogP contribution in [0.2, 0.25) is 0 Å². The molecule has 9 rings (SSSR count). The third-order valence-electron chi connectivity index (χ3n) is 14.2. The van der Waals surface area contributed by atoms with Crippen molar-refractivity contribution in [3.63, 3.8) is 0 Å². The van der Waals surface area contributed by atoms with E-state index in [0.717, 1.165) is 76.3 Å². The van der Waals surface area contributed by atoms with Gasteiger partial charge in [0.15, 0.2) is 11.5 Å². The van der Waals surface area contributed by atoms with E-state index in [-0.39, 0.29) is 45.1 Å². The first-order valence-electron chi connectivity index (χ1n) is 27.8. The van der Waals surface area contributed by atoms with Crippen molar-refractivity contribution in [1.29, 1.82) is 0 Å². The molecule has 4 aromatic heterocycles. The molecule has 4 heterocycles. The van der Waals surface area contributed by atoms with Crippen molar-refractivity contribution in [2.75, 3.05) is 46.8 Å². The van der Waals surface area contributed by atoms with Crippen LogP contribution < -0.4 is 29.6 Å². The summed E-state index contributed by atoms with van der Waals surface area (Å²) in [5.41, 5.74) is 9.12. The number of amides is 2. The van der Waals surface area contributed by atoms with Gasteiger partial charge in [0, 0.05) is 28.6 Å². The van der Waals surface area contributed by atoms with Gasteiger partial charge in [-0.05, 0) is 136 Å². The topological polar surface area (TPSA) is 266 Å². The quantitative estimate of drug-likeness (QED) is 0.0701. The first-order chi connectivity index (χ1) is 39.5. The van der Waals surface area contributed by atoms with E-state index in [1.54, 1.807) is 64.1 Å². The van der Waals surface area contributed by atoms with Gasteiger partial charge in [-0.2, -0.15) is 0 Å². The number of carbonyl (C=O) groups is 2. The Morgan fingerprint density at radius 1 is 0.600 bits per heavy atom. The maximum atomic E-state index is 13.6. The van der Waals surface area contributed by atoms with E-state index in [4.69, 9.17) is 9.47 Å². The molecule has 1 aliphatic carbocycles. The largest absolute Gasteiger partial charge is 0.492 e. The summed E-state index contributed by atoms with van der Waals surface area (Å²) in [4.78, 5) is 36.3. The third-order valence-corrected chi connectivity index (χ3v) is 15.4. The van der Waals surface area contributed by atoms with Gasteiger partial charge in [-0.15, -0.1) is 10.2 Å². The summed E-state index contributed by atoms with van der Waals surface area (Å²) < 4.78 is 72.2. The third kappa shape index (κ3) is 14.4. The van der Waals surface area contributed by atoms with Crippen molar-refractivity contribution in [3.05, 3.63) is 130 Å². The van der Waals surface area contributed by atoms with Crippen molar-refractivity contribution in [1.82, 2.24) is 49.1 Å². The molecule has 1 saturated carbocycles. The Bertz CT molecular complexity index is 4070. The molecule has 0 atom stereocenters. The average molecular weight is 1200 g/mol. The Kier molecular flexibility index (Phi) is 17.4. The molecule has 8 aromatic rings. The highest BCUT2D eigenvalue weighted by molar-refractivity contribution is 7.92. The van der Waals surface area contributed by atoms with E-state index in [0.29, 0.717) is 51.5 Å². The Morgan fingerprint density at radius 3 is 1.39 bits per heavy atom. The zero-order valence-electron chi connectivity index (χ0n) is 51.7. The van der Waals surface area contributed by atoms with E-state index in [2.05, 4.69) is 94.4 Å². The van der Waals surface area contributed by atoms with Crippen molar-refractivity contribution in [3.8, 4) is 45.6 Å². The van der Waals surface area contributed by atoms with Crippen molar-refractivity contribution in [2.24, 2.45) is 0 Å². The second-order valence-corrected chi connectivity index (χ2v) is 28.4. The fourth-order valence-electron chi connectivity index (χ4n) is 9.86. The molecule has 0 bridgehead atoms. The molecule has 24 heteroatoms. The van der Waals surface area contributed by atoms with E-state index in [1.807, 2.05) is 93.0 Å². The summed E-state index contributed by atoms with van der Waals surface area (Å²) in [6, 6.07) is 18.1. The van der Waals surface area contributed by atoms with Crippen LogP contribution in [0.5, 0.6) is 11.5 Å². The van der Waals surface area contributed by atoms with Gasteiger partial charge in [-0.25, -0.2) is 36.2 Å². The molecule has 0 aliphatic heterocycles. The van der Waals surface area contributed by atoms with Gasteiger partial charge >= 0.3 is 0 Å². The Hall–Kier alpha value is -8.38. The van der Waals surface area contributed by atoms with E-state index < -0.39 is 26.0 Å². The summed E-state index contributed by atoms with van der Waals surface area (Å²) in [7, 11) is -4.35. The molecule has 0 unspecified atom stereocenters. The van der Waals surface area contributed by atoms with Gasteiger partial charge in [0.1, 0.15) is 23.0 Å². The molecule has 0 spiro atoms. The first kappa shape index (κ1) is 62.7. The Balaban J connectivity index is 0.000000221. The molecule has 85 heavy (non-hydrogen) atoms. The lowest BCUT2D eigenvalue weighted by molar-refractivity contribution is 0.101. The number of hydrogen-bond donors (Lipinski definition) is 4. The maximum Gasteiger partial charge on any atom is 0.255 e. The second-order valence-electron chi connectivity index (χ2n) is 24.9. The standard InChI is InChI=1S/C31H39N7O4S.C30H39N7O4S/c1-18(2)29-32-16-27(38(29)22-11-12-22)25-17-37(36-34-25)26-13-20(10-9-19(26)3)30(39)33-23-14-21(31(4,5)6)15-24(28(23)42-7)35-43(8,40)41;1-18-11-12-20(13-25(18)36-17-24(33-35-36)26-16-31-19(2)37(26)30(6,7)8)28(38)32-22-14-21(29(3,4)5)15-23(27(22)41-9)34-42(10,39)40/h9-10,13-18,22,35H,11-12H2,1-8H3,(H,33,39);11-17,34H,1-10H3,(H,32,38). The van der Waals surface area contributed by atoms with Crippen LogP contribution in [0.4, 0.5) is 22.7 Å². The average Bonchev–Trinajstić information content (AvgIpc) is 2.15. The van der Waals surface area contributed by atoms with Crippen LogP contribution in [0.15, 0.2) is 85.5 Å². The minimum absolute atomic E-state index is 0.199. The monoisotopic (exact) mass is 1200 g/mol. The molecule has 0 radical (unpaired) electrons. The van der Waals surface area contributed by atoms with Crippen LogP contribution in [0.1, 0.15) is 156 Å². The van der Waals surface area contributed by atoms with E-state index in [9.17, 15) is 26.4 Å². The predicted molar refractivity (Wildman–Crippen MR) is 333 cm³/mol. The van der Waals surface area contributed by atoms with Gasteiger partial charge in [0.05, 0.1) is 97.0 Å². The normalized spacial score (nSPS) is 13.1. The smallest absolute Gasteiger partial charge is 0.255 e. The lowest BCUT2D eigenvalue weighted by atomic mass is 9.86. The van der Waals surface area contributed by atoms with Crippen LogP contribution in [0.3, 0.4) is 0 Å². The van der Waals surface area contributed by atoms with E-state index in [1.165, 1.54) is 14.2 Å². The Labute approximate surface area is 498 Å². The van der Waals surface area contributed by atoms with Crippen LogP contribution in [-0.2, 0) is 36.4 Å². The van der Waals surface area contributed by atoms with Gasteiger partial charge in [-0.1, -0.05) is 77.9 Å². The van der Waals surface area contributed by atoms with Gasteiger partial charge in [-0.3, -0.25) is 19.0 Å². The minimum Gasteiger partial charge on any atom is -0.492 e. The summed E-state index contributed by atoms with van der Waals surface area (Å²) >= 11 is 0. The Morgan fingerprint density at radius 2 is 1.01 bits per heavy atom. The number of aryl methyl sites for hydroxylation is 3. The fraction of sp³-hybridized carbons (Fsp3) is 0.410. The number of nitrogens with zero attached hydrogens (tertiary/aromatic N) is 10. The van der Waals surface area contributed by atoms with Gasteiger partial charge < -0.3 is 29.2 Å². The van der Waals surface area contributed by atoms with E-state index >= 15 is 0 Å². The van der Waals surface area contributed by atoms with Crippen LogP contribution >= 0.6 is 0 Å². The lowest BCUT2D eigenvalue weighted by Crippen LogP contribution is -2.24. The lowest BCUT2D eigenvalue weighted by Gasteiger charge is -2.24. The predicted octanol–water partition coefficient (Wildman–Crippen LogP) is 11.3. The number of ether oxygens (including phenoxy) is 2. The molecule has 0 saturated heterocycles. The maximum absolute atomic E-state index is 13.6. The molecule has 4 aromatic carbocycles. The SMILES string of the molecule is COc1c(NC(=O)c2ccc(C)c(-n3cc(-c4cnc(C(C)C)n4C4CC4)nn3)c2)cc(C(C)(C)C)cc1NS(C)(=O)=O.COc1c(NC(=O)c2ccc(C)c(-n3cc(-c4cnc(C)n4C(C)(C)C)nn3)c2)cc(C(C)(C)C)cc1NS(C)(=O)=O. The fourth-order valence-corrected chi connectivity index (χ4v) is 11.0. The first-order valence-corrected chi connectivity index (χ1v) is 31.6. The highest BCUT2D eigenvalue weighted by atomic mass is 32.2. The number of nitrogens with one attached hydrogen (secondary N) is 4. The highest BCUT2D eigenvalue weighted by Crippen LogP contribution is 2.43. The number of carbonyl (C=O) groups excluding carboxylic acids is 2. The zero-order valence-corrected chi connectivity index (χ0v) is 53.3. The summed E-state index contributed by atoms with van der Waals surface area (Å²) in [5.74, 6) is 1.86. The molecular weight excluding hydrogens is 1120 g/mol. The van der Waals surface area contributed by atoms with Gasteiger partial charge in [0.2, 0.25) is 20.0 Å². The number of rotatable bonds is 16. The number of aromatic nitrogens is 10. The van der Waals surface area contributed by atoms with Crippen LogP contribution in [-0.4, -0.2) is 104 Å². The number of sulfonamides is 2. The number of methoxy groups -OCH3 is 2. The van der Waals surface area contributed by atoms with Gasteiger partial charge in [0.25, 0.3) is 11.8 Å². The van der Waals surface area contributed by atoms with Crippen LogP contribution in [0.25, 0.3) is 34.2 Å². The summed E-state index contributed by atoms with van der Waals surface area (Å²) in [6.45, 7) is 28.4. The zero-order chi connectivity index (χ0) is 62.5. The summed E-state index contributed by atoms with van der Waals surface area (Å²) in [6.07, 6.45) is 11.7. The number of imidazole rings is 2. The second kappa shape index (κ2) is 23.6. The van der Waals surface area contributed by atoms with Crippen LogP contribution in [0, 0.1) is 20.8 Å².